The largest absolute Gasteiger partial charge is 0.540 e. The Balaban J connectivity index is 2.94. The van der Waals surface area contributed by atoms with E-state index in [4.69, 9.17) is 5.11 Å². The van der Waals surface area contributed by atoms with Gasteiger partial charge in [-0.2, -0.15) is 0 Å². The number of phenolic OH excluding ortho intramolecular Hbond substituents is 1. The van der Waals surface area contributed by atoms with Crippen molar-refractivity contribution >= 4 is 10.5 Å². The van der Waals surface area contributed by atoms with E-state index in [1.54, 1.807) is 18.2 Å². The van der Waals surface area contributed by atoms with Crippen LogP contribution in [0.5, 0.6) is 11.5 Å². The molecule has 0 bridgehead atoms. The standard InChI is InChI=1S/C6H5O2Si/c7-5-2-1-3-6(4-5)8-9/h1-4,7H. The average molecular weight is 137 g/mol. The van der Waals surface area contributed by atoms with Crippen molar-refractivity contribution in [2.75, 3.05) is 0 Å². The molecule has 3 radical (unpaired) electrons. The van der Waals surface area contributed by atoms with Gasteiger partial charge in [-0.25, -0.2) is 0 Å². The molecule has 0 spiro atoms. The molecule has 45 valence electrons. The van der Waals surface area contributed by atoms with Gasteiger partial charge >= 0.3 is 10.5 Å². The van der Waals surface area contributed by atoms with Crippen LogP contribution in [-0.4, -0.2) is 15.6 Å². The van der Waals surface area contributed by atoms with Crippen LogP contribution >= 0.6 is 0 Å². The first-order valence-electron chi connectivity index (χ1n) is 2.45. The van der Waals surface area contributed by atoms with E-state index in [0.717, 1.165) is 0 Å². The van der Waals surface area contributed by atoms with Crippen LogP contribution < -0.4 is 4.43 Å². The fourth-order valence-corrected chi connectivity index (χ4v) is 0.674. The summed E-state index contributed by atoms with van der Waals surface area (Å²) in [6.07, 6.45) is 0. The molecule has 0 aromatic heterocycles. The Bertz CT molecular complexity index is 200. The minimum Gasteiger partial charge on any atom is -0.540 e. The number of rotatable bonds is 1. The van der Waals surface area contributed by atoms with Gasteiger partial charge in [0.2, 0.25) is 0 Å². The maximum absolute atomic E-state index is 8.84. The Kier molecular flexibility index (Phi) is 1.74. The van der Waals surface area contributed by atoms with E-state index in [0.29, 0.717) is 5.75 Å². The van der Waals surface area contributed by atoms with Crippen molar-refractivity contribution in [3.8, 4) is 11.5 Å². The van der Waals surface area contributed by atoms with Gasteiger partial charge in [-0.3, -0.25) is 0 Å². The lowest BCUT2D eigenvalue weighted by Crippen LogP contribution is -1.82. The molecule has 1 aromatic carbocycles. The third-order valence-corrected chi connectivity index (χ3v) is 1.17. The number of phenols is 1. The quantitative estimate of drug-likeness (QED) is 0.581. The first kappa shape index (κ1) is 6.16. The summed E-state index contributed by atoms with van der Waals surface area (Å²) >= 11 is 0. The zero-order valence-corrected chi connectivity index (χ0v) is 5.66. The maximum atomic E-state index is 8.84. The lowest BCUT2D eigenvalue weighted by Gasteiger charge is -1.97. The van der Waals surface area contributed by atoms with Gasteiger partial charge in [0.15, 0.2) is 0 Å². The van der Waals surface area contributed by atoms with E-state index < -0.39 is 0 Å². The highest BCUT2D eigenvalue weighted by atomic mass is 28.2. The van der Waals surface area contributed by atoms with Crippen LogP contribution in [0, 0.1) is 0 Å². The first-order valence-corrected chi connectivity index (χ1v) is 2.86. The number of benzene rings is 1. The molecule has 2 nitrogen and oxygen atoms in total. The zero-order valence-electron chi connectivity index (χ0n) is 4.66. The minimum atomic E-state index is 0.200. The highest BCUT2D eigenvalue weighted by Gasteiger charge is 1.88. The van der Waals surface area contributed by atoms with Crippen LogP contribution in [0.1, 0.15) is 0 Å². The smallest absolute Gasteiger partial charge is 0.341 e. The lowest BCUT2D eigenvalue weighted by molar-refractivity contribution is 0.471. The molecule has 0 aliphatic carbocycles. The molecule has 0 saturated heterocycles. The van der Waals surface area contributed by atoms with E-state index in [-0.39, 0.29) is 5.75 Å². The fourth-order valence-electron chi connectivity index (χ4n) is 0.547. The SMILES string of the molecule is Oc1cccc(O[Si])c1. The highest BCUT2D eigenvalue weighted by molar-refractivity contribution is 5.99. The van der Waals surface area contributed by atoms with E-state index in [1.807, 2.05) is 0 Å². The second-order valence-electron chi connectivity index (χ2n) is 1.60. The molecule has 0 fully saturated rings. The van der Waals surface area contributed by atoms with Gasteiger partial charge in [-0.15, -0.1) is 0 Å². The van der Waals surface area contributed by atoms with Crippen LogP contribution in [0.4, 0.5) is 0 Å². The van der Waals surface area contributed by atoms with Crippen molar-refractivity contribution in [3.05, 3.63) is 24.3 Å². The molecule has 9 heavy (non-hydrogen) atoms. The predicted molar refractivity (Wildman–Crippen MR) is 34.5 cm³/mol. The van der Waals surface area contributed by atoms with E-state index in [9.17, 15) is 0 Å². The molecule has 0 saturated carbocycles. The van der Waals surface area contributed by atoms with E-state index >= 15 is 0 Å². The molecule has 0 atom stereocenters. The van der Waals surface area contributed by atoms with Crippen molar-refractivity contribution in [2.24, 2.45) is 0 Å². The molecular weight excluding hydrogens is 132 g/mol. The number of hydrogen-bond acceptors (Lipinski definition) is 2. The zero-order chi connectivity index (χ0) is 6.69. The van der Waals surface area contributed by atoms with Gasteiger partial charge in [-0.05, 0) is 12.1 Å². The molecule has 0 unspecified atom stereocenters. The van der Waals surface area contributed by atoms with Gasteiger partial charge < -0.3 is 9.53 Å². The second kappa shape index (κ2) is 2.55. The summed E-state index contributed by atoms with van der Waals surface area (Å²) in [6.45, 7) is 0. The normalized spacial score (nSPS) is 9.00. The topological polar surface area (TPSA) is 29.5 Å². The predicted octanol–water partition coefficient (Wildman–Crippen LogP) is 0.855. The summed E-state index contributed by atoms with van der Waals surface area (Å²) in [5, 5.41) is 8.84. The molecule has 0 amide bonds. The average Bonchev–Trinajstić information content (AvgIpc) is 1.88. The van der Waals surface area contributed by atoms with Gasteiger partial charge in [-0.1, -0.05) is 6.07 Å². The Labute approximate surface area is 56.6 Å². The van der Waals surface area contributed by atoms with Gasteiger partial charge in [0, 0.05) is 6.07 Å². The monoisotopic (exact) mass is 137 g/mol. The van der Waals surface area contributed by atoms with Gasteiger partial charge in [0.05, 0.1) is 0 Å². The van der Waals surface area contributed by atoms with Crippen LogP contribution in [0.25, 0.3) is 0 Å². The summed E-state index contributed by atoms with van der Waals surface area (Å²) in [7, 11) is 2.83. The molecule has 0 heterocycles. The van der Waals surface area contributed by atoms with Crippen LogP contribution in [0.2, 0.25) is 0 Å². The Hall–Kier alpha value is -0.963. The maximum Gasteiger partial charge on any atom is 0.341 e. The van der Waals surface area contributed by atoms with E-state index in [1.165, 1.54) is 6.07 Å². The molecule has 3 heteroatoms. The molecular formula is C6H5O2Si. The molecule has 1 N–H and O–H groups in total. The molecule has 1 rings (SSSR count). The summed E-state index contributed by atoms with van der Waals surface area (Å²) in [6, 6.07) is 6.51. The highest BCUT2D eigenvalue weighted by Crippen LogP contribution is 2.16. The van der Waals surface area contributed by atoms with Crippen molar-refractivity contribution in [1.29, 1.82) is 0 Å². The van der Waals surface area contributed by atoms with Crippen LogP contribution in [0.3, 0.4) is 0 Å². The fraction of sp³-hybridized carbons (Fsp3) is 0. The Morgan fingerprint density at radius 1 is 1.44 bits per heavy atom. The minimum absolute atomic E-state index is 0.200. The van der Waals surface area contributed by atoms with E-state index in [2.05, 4.69) is 14.9 Å². The Morgan fingerprint density at radius 3 is 2.67 bits per heavy atom. The van der Waals surface area contributed by atoms with Gasteiger partial charge in [0.25, 0.3) is 0 Å². The third kappa shape index (κ3) is 1.47. The van der Waals surface area contributed by atoms with Crippen molar-refractivity contribution in [1.82, 2.24) is 0 Å². The number of aromatic hydroxyl groups is 1. The van der Waals surface area contributed by atoms with Crippen molar-refractivity contribution in [2.45, 2.75) is 0 Å². The Morgan fingerprint density at radius 2 is 2.22 bits per heavy atom. The summed E-state index contributed by atoms with van der Waals surface area (Å²) in [5.74, 6) is 0.789. The summed E-state index contributed by atoms with van der Waals surface area (Å²) in [5.41, 5.74) is 0. The van der Waals surface area contributed by atoms with Crippen LogP contribution in [-0.2, 0) is 0 Å². The summed E-state index contributed by atoms with van der Waals surface area (Å²) < 4.78 is 4.64. The van der Waals surface area contributed by atoms with Crippen LogP contribution in [0.15, 0.2) is 24.3 Å². The number of hydrogen-bond donors (Lipinski definition) is 1. The molecule has 0 aliphatic heterocycles. The van der Waals surface area contributed by atoms with Gasteiger partial charge in [0.1, 0.15) is 11.5 Å². The third-order valence-electron chi connectivity index (χ3n) is 0.935. The second-order valence-corrected chi connectivity index (χ2v) is 1.80. The molecule has 0 aliphatic rings. The lowest BCUT2D eigenvalue weighted by atomic mass is 10.3. The molecule has 1 aromatic rings. The first-order chi connectivity index (χ1) is 4.33. The summed E-state index contributed by atoms with van der Waals surface area (Å²) in [4.78, 5) is 0. The van der Waals surface area contributed by atoms with Crippen molar-refractivity contribution in [3.63, 3.8) is 0 Å². The van der Waals surface area contributed by atoms with Crippen molar-refractivity contribution < 1.29 is 9.53 Å².